The fraction of sp³-hybridized carbons (Fsp3) is 0.300. The summed E-state index contributed by atoms with van der Waals surface area (Å²) in [6.45, 7) is 6.06. The number of aryl methyl sites for hydroxylation is 1. The third kappa shape index (κ3) is 3.40. The smallest absolute Gasteiger partial charge is 0.316 e. The van der Waals surface area contributed by atoms with E-state index in [1.807, 2.05) is 39.0 Å². The number of hydrogen-bond donors (Lipinski definition) is 0. The van der Waals surface area contributed by atoms with Crippen molar-refractivity contribution in [1.29, 1.82) is 0 Å². The Morgan fingerprint density at radius 3 is 2.60 bits per heavy atom. The number of carbonyl (C=O) groups excluding carboxylic acids is 2. The molecular weight excluding hydrogens is 338 g/mol. The van der Waals surface area contributed by atoms with Gasteiger partial charge < -0.3 is 9.64 Å². The van der Waals surface area contributed by atoms with E-state index in [-0.39, 0.29) is 18.3 Å². The van der Waals surface area contributed by atoms with E-state index < -0.39 is 5.92 Å². The van der Waals surface area contributed by atoms with Crippen molar-refractivity contribution in [3.8, 4) is 5.75 Å². The van der Waals surface area contributed by atoms with Gasteiger partial charge in [-0.05, 0) is 55.7 Å². The van der Waals surface area contributed by atoms with Gasteiger partial charge in [-0.2, -0.15) is 0 Å². The summed E-state index contributed by atoms with van der Waals surface area (Å²) < 4.78 is 5.55. The highest BCUT2D eigenvalue weighted by Crippen LogP contribution is 2.32. The van der Waals surface area contributed by atoms with Gasteiger partial charge in [0.25, 0.3) is 0 Å². The second-order valence-corrected chi connectivity index (χ2v) is 6.82. The van der Waals surface area contributed by atoms with E-state index in [1.165, 1.54) is 0 Å². The van der Waals surface area contributed by atoms with Gasteiger partial charge in [-0.1, -0.05) is 29.8 Å². The van der Waals surface area contributed by atoms with E-state index in [9.17, 15) is 9.59 Å². The van der Waals surface area contributed by atoms with Crippen LogP contribution in [0.5, 0.6) is 5.75 Å². The molecule has 1 saturated heterocycles. The predicted molar refractivity (Wildman–Crippen MR) is 98.2 cm³/mol. The van der Waals surface area contributed by atoms with Gasteiger partial charge in [0.05, 0.1) is 5.92 Å². The molecule has 0 unspecified atom stereocenters. The highest BCUT2D eigenvalue weighted by atomic mass is 35.5. The van der Waals surface area contributed by atoms with Crippen LogP contribution in [0.4, 0.5) is 5.69 Å². The van der Waals surface area contributed by atoms with Gasteiger partial charge >= 0.3 is 5.97 Å². The first kappa shape index (κ1) is 17.5. The van der Waals surface area contributed by atoms with Gasteiger partial charge in [0, 0.05) is 23.7 Å². The van der Waals surface area contributed by atoms with Crippen LogP contribution in [0.2, 0.25) is 5.02 Å². The summed E-state index contributed by atoms with van der Waals surface area (Å²) in [5.41, 5.74) is 3.58. The average molecular weight is 358 g/mol. The van der Waals surface area contributed by atoms with Crippen LogP contribution in [0.1, 0.15) is 23.1 Å². The summed E-state index contributed by atoms with van der Waals surface area (Å²) in [7, 11) is 0. The van der Waals surface area contributed by atoms with Gasteiger partial charge in [-0.25, -0.2) is 0 Å². The third-order valence-corrected chi connectivity index (χ3v) is 5.16. The van der Waals surface area contributed by atoms with Crippen molar-refractivity contribution in [1.82, 2.24) is 0 Å². The van der Waals surface area contributed by atoms with Crippen LogP contribution in [-0.4, -0.2) is 18.4 Å². The fourth-order valence-corrected chi connectivity index (χ4v) is 3.18. The molecular formula is C20H20ClNO3. The molecule has 1 amide bonds. The average Bonchev–Trinajstić information content (AvgIpc) is 2.96. The van der Waals surface area contributed by atoms with Crippen LogP contribution in [-0.2, 0) is 9.59 Å². The van der Waals surface area contributed by atoms with E-state index in [0.29, 0.717) is 17.3 Å². The number of halogens is 1. The summed E-state index contributed by atoms with van der Waals surface area (Å²) in [6.07, 6.45) is 0.148. The molecule has 130 valence electrons. The standard InChI is InChI=1S/C20H20ClNO3/c1-12-6-4-9-18(13(12)2)25-20(24)15-10-19(23)22(11-15)17-8-5-7-16(21)14(17)3/h4-9,15H,10-11H2,1-3H3/t15-/m1/s1. The third-order valence-electron chi connectivity index (χ3n) is 4.75. The molecule has 0 aliphatic carbocycles. The minimum Gasteiger partial charge on any atom is -0.426 e. The fourth-order valence-electron chi connectivity index (χ4n) is 3.01. The molecule has 25 heavy (non-hydrogen) atoms. The Bertz CT molecular complexity index is 847. The van der Waals surface area contributed by atoms with Crippen molar-refractivity contribution in [2.24, 2.45) is 5.92 Å². The second-order valence-electron chi connectivity index (χ2n) is 6.41. The maximum absolute atomic E-state index is 12.5. The summed E-state index contributed by atoms with van der Waals surface area (Å²) in [6, 6.07) is 11.0. The van der Waals surface area contributed by atoms with Gasteiger partial charge in [-0.15, -0.1) is 0 Å². The van der Waals surface area contributed by atoms with Gasteiger partial charge in [-0.3, -0.25) is 9.59 Å². The van der Waals surface area contributed by atoms with Crippen molar-refractivity contribution in [3.05, 3.63) is 58.1 Å². The number of esters is 1. The Morgan fingerprint density at radius 2 is 1.84 bits per heavy atom. The Hall–Kier alpha value is -2.33. The first-order valence-corrected chi connectivity index (χ1v) is 8.59. The molecule has 2 aromatic rings. The molecule has 1 aliphatic rings. The molecule has 0 radical (unpaired) electrons. The van der Waals surface area contributed by atoms with E-state index in [1.54, 1.807) is 23.1 Å². The summed E-state index contributed by atoms with van der Waals surface area (Å²) in [5, 5.41) is 0.603. The van der Waals surface area contributed by atoms with Crippen molar-refractivity contribution in [3.63, 3.8) is 0 Å². The van der Waals surface area contributed by atoms with Crippen LogP contribution in [0.15, 0.2) is 36.4 Å². The topological polar surface area (TPSA) is 46.6 Å². The zero-order chi connectivity index (χ0) is 18.1. The lowest BCUT2D eigenvalue weighted by molar-refractivity contribution is -0.139. The van der Waals surface area contributed by atoms with E-state index in [0.717, 1.165) is 22.4 Å². The van der Waals surface area contributed by atoms with Crippen LogP contribution >= 0.6 is 11.6 Å². The minimum atomic E-state index is -0.481. The largest absolute Gasteiger partial charge is 0.426 e. The Morgan fingerprint density at radius 1 is 1.12 bits per heavy atom. The Balaban J connectivity index is 1.77. The number of benzene rings is 2. The zero-order valence-corrected chi connectivity index (χ0v) is 15.3. The van der Waals surface area contributed by atoms with Crippen LogP contribution in [0, 0.1) is 26.7 Å². The van der Waals surface area contributed by atoms with Crippen LogP contribution in [0.3, 0.4) is 0 Å². The van der Waals surface area contributed by atoms with Crippen molar-refractivity contribution >= 4 is 29.2 Å². The SMILES string of the molecule is Cc1cccc(OC(=O)[C@@H]2CC(=O)N(c3cccc(Cl)c3C)C2)c1C. The van der Waals surface area contributed by atoms with E-state index in [4.69, 9.17) is 16.3 Å². The second kappa shape index (κ2) is 6.89. The van der Waals surface area contributed by atoms with Crippen LogP contribution in [0.25, 0.3) is 0 Å². The normalized spacial score (nSPS) is 17.0. The molecule has 1 atom stereocenters. The molecule has 0 N–H and O–H groups in total. The number of amides is 1. The number of hydrogen-bond acceptors (Lipinski definition) is 3. The maximum Gasteiger partial charge on any atom is 0.316 e. The lowest BCUT2D eigenvalue weighted by atomic mass is 10.1. The lowest BCUT2D eigenvalue weighted by Gasteiger charge is -2.19. The van der Waals surface area contributed by atoms with Crippen molar-refractivity contribution in [2.45, 2.75) is 27.2 Å². The first-order valence-electron chi connectivity index (χ1n) is 8.22. The monoisotopic (exact) mass is 357 g/mol. The molecule has 0 saturated carbocycles. The van der Waals surface area contributed by atoms with Crippen molar-refractivity contribution in [2.75, 3.05) is 11.4 Å². The molecule has 1 fully saturated rings. The minimum absolute atomic E-state index is 0.0896. The number of anilines is 1. The van der Waals surface area contributed by atoms with E-state index >= 15 is 0 Å². The maximum atomic E-state index is 12.5. The highest BCUT2D eigenvalue weighted by Gasteiger charge is 2.37. The van der Waals surface area contributed by atoms with Crippen LogP contribution < -0.4 is 9.64 Å². The molecule has 0 spiro atoms. The summed E-state index contributed by atoms with van der Waals surface area (Å²) in [4.78, 5) is 26.5. The van der Waals surface area contributed by atoms with Gasteiger partial charge in [0.15, 0.2) is 0 Å². The number of carbonyl (C=O) groups is 2. The molecule has 3 rings (SSSR count). The quantitative estimate of drug-likeness (QED) is 0.610. The molecule has 0 bridgehead atoms. The molecule has 1 aliphatic heterocycles. The number of ether oxygens (including phenoxy) is 1. The summed E-state index contributed by atoms with van der Waals surface area (Å²) >= 11 is 6.15. The molecule has 5 heteroatoms. The highest BCUT2D eigenvalue weighted by molar-refractivity contribution is 6.31. The molecule has 1 heterocycles. The Kier molecular flexibility index (Phi) is 4.82. The van der Waals surface area contributed by atoms with Gasteiger partial charge in [0.2, 0.25) is 5.91 Å². The molecule has 4 nitrogen and oxygen atoms in total. The Labute approximate surface area is 152 Å². The predicted octanol–water partition coefficient (Wildman–Crippen LogP) is 4.22. The molecule has 0 aromatic heterocycles. The summed E-state index contributed by atoms with van der Waals surface area (Å²) in [5.74, 6) is -0.391. The number of nitrogens with zero attached hydrogens (tertiary/aromatic N) is 1. The van der Waals surface area contributed by atoms with Crippen molar-refractivity contribution < 1.29 is 14.3 Å². The first-order chi connectivity index (χ1) is 11.9. The number of rotatable bonds is 3. The lowest BCUT2D eigenvalue weighted by Crippen LogP contribution is -2.28. The van der Waals surface area contributed by atoms with Gasteiger partial charge in [0.1, 0.15) is 5.75 Å². The molecule has 2 aromatic carbocycles. The zero-order valence-electron chi connectivity index (χ0n) is 14.5. The van der Waals surface area contributed by atoms with E-state index in [2.05, 4.69) is 0 Å².